The number of rotatable bonds is 2. The molecule has 5 heteroatoms. The Morgan fingerprint density at radius 3 is 3.20 bits per heavy atom. The molecule has 0 saturated heterocycles. The molecule has 0 amide bonds. The van der Waals surface area contributed by atoms with Crippen molar-refractivity contribution in [3.63, 3.8) is 0 Å². The summed E-state index contributed by atoms with van der Waals surface area (Å²) in [6.45, 7) is 0. The Kier molecular flexibility index (Phi) is 2.12. The van der Waals surface area contributed by atoms with Crippen LogP contribution in [0.25, 0.3) is 0 Å². The summed E-state index contributed by atoms with van der Waals surface area (Å²) in [5.41, 5.74) is 0.932. The first kappa shape index (κ1) is 9.15. The normalized spacial score (nSPS) is 36.3. The number of oxime groups is 1. The molecule has 1 heterocycles. The minimum absolute atomic E-state index is 0.208. The fourth-order valence-electron chi connectivity index (χ4n) is 2.85. The maximum atomic E-state index is 9.02. The number of aromatic nitrogens is 1. The minimum atomic E-state index is 0.208. The zero-order valence-electron chi connectivity index (χ0n) is 8.26. The standard InChI is InChI=1S/C10H13N3OS/c14-13-9-7-2-1-6(5-7)8(9)12-10-11-3-4-15-10/h3-4,6-8,14H,1-2,5H2,(H,11,12). The van der Waals surface area contributed by atoms with Gasteiger partial charge in [-0.3, -0.25) is 0 Å². The van der Waals surface area contributed by atoms with Crippen molar-refractivity contribution in [3.8, 4) is 0 Å². The highest BCUT2D eigenvalue weighted by atomic mass is 32.1. The van der Waals surface area contributed by atoms with E-state index in [1.165, 1.54) is 19.3 Å². The Morgan fingerprint density at radius 2 is 2.47 bits per heavy atom. The molecule has 2 N–H and O–H groups in total. The van der Waals surface area contributed by atoms with Gasteiger partial charge in [-0.15, -0.1) is 11.3 Å². The molecular weight excluding hydrogens is 210 g/mol. The van der Waals surface area contributed by atoms with Crippen molar-refractivity contribution in [3.05, 3.63) is 11.6 Å². The third kappa shape index (κ3) is 1.42. The molecule has 2 bridgehead atoms. The predicted molar refractivity (Wildman–Crippen MR) is 59.6 cm³/mol. The SMILES string of the molecule is ON=C1C2CCC(C2)C1Nc1nccs1. The van der Waals surface area contributed by atoms with Gasteiger partial charge in [0.1, 0.15) is 0 Å². The molecule has 2 fully saturated rings. The summed E-state index contributed by atoms with van der Waals surface area (Å²) >= 11 is 1.59. The second-order valence-corrected chi connectivity index (χ2v) is 5.15. The first-order chi connectivity index (χ1) is 7.38. The molecule has 4 nitrogen and oxygen atoms in total. The highest BCUT2D eigenvalue weighted by Crippen LogP contribution is 2.44. The summed E-state index contributed by atoms with van der Waals surface area (Å²) in [7, 11) is 0. The Balaban J connectivity index is 1.81. The fraction of sp³-hybridized carbons (Fsp3) is 0.600. The van der Waals surface area contributed by atoms with E-state index < -0.39 is 0 Å². The van der Waals surface area contributed by atoms with Crippen molar-refractivity contribution in [2.45, 2.75) is 25.3 Å². The van der Waals surface area contributed by atoms with E-state index >= 15 is 0 Å². The summed E-state index contributed by atoms with van der Waals surface area (Å²) in [5.74, 6) is 1.13. The Labute approximate surface area is 92.0 Å². The van der Waals surface area contributed by atoms with Gasteiger partial charge in [-0.25, -0.2) is 4.98 Å². The van der Waals surface area contributed by atoms with E-state index in [1.54, 1.807) is 17.5 Å². The van der Waals surface area contributed by atoms with E-state index in [9.17, 15) is 0 Å². The third-order valence-electron chi connectivity index (χ3n) is 3.51. The largest absolute Gasteiger partial charge is 0.411 e. The van der Waals surface area contributed by atoms with E-state index in [4.69, 9.17) is 5.21 Å². The van der Waals surface area contributed by atoms with Gasteiger partial charge in [-0.05, 0) is 25.2 Å². The van der Waals surface area contributed by atoms with Crippen LogP contribution in [-0.2, 0) is 0 Å². The van der Waals surface area contributed by atoms with Gasteiger partial charge < -0.3 is 10.5 Å². The van der Waals surface area contributed by atoms with Crippen molar-refractivity contribution in [2.24, 2.45) is 17.0 Å². The number of hydrogen-bond donors (Lipinski definition) is 2. The van der Waals surface area contributed by atoms with Crippen LogP contribution in [-0.4, -0.2) is 21.9 Å². The lowest BCUT2D eigenvalue weighted by atomic mass is 9.93. The smallest absolute Gasteiger partial charge is 0.183 e. The second-order valence-electron chi connectivity index (χ2n) is 4.25. The molecule has 0 spiro atoms. The molecule has 2 saturated carbocycles. The Bertz CT molecular complexity index is 376. The first-order valence-corrected chi connectivity index (χ1v) is 6.14. The van der Waals surface area contributed by atoms with Crippen LogP contribution in [0.5, 0.6) is 0 Å². The monoisotopic (exact) mass is 223 g/mol. The topological polar surface area (TPSA) is 57.5 Å². The van der Waals surface area contributed by atoms with Crippen molar-refractivity contribution in [2.75, 3.05) is 5.32 Å². The third-order valence-corrected chi connectivity index (χ3v) is 4.21. The Morgan fingerprint density at radius 1 is 1.53 bits per heavy atom. The van der Waals surface area contributed by atoms with Gasteiger partial charge in [0.15, 0.2) is 5.13 Å². The van der Waals surface area contributed by atoms with E-state index in [1.807, 2.05) is 5.38 Å². The molecule has 15 heavy (non-hydrogen) atoms. The summed E-state index contributed by atoms with van der Waals surface area (Å²) in [6.07, 6.45) is 5.38. The highest BCUT2D eigenvalue weighted by Gasteiger charge is 2.45. The van der Waals surface area contributed by atoms with Gasteiger partial charge in [0.25, 0.3) is 0 Å². The molecule has 2 aliphatic rings. The first-order valence-electron chi connectivity index (χ1n) is 5.26. The zero-order valence-corrected chi connectivity index (χ0v) is 9.07. The van der Waals surface area contributed by atoms with E-state index in [0.717, 1.165) is 10.8 Å². The van der Waals surface area contributed by atoms with Gasteiger partial charge in [0, 0.05) is 17.5 Å². The maximum absolute atomic E-state index is 9.02. The summed E-state index contributed by atoms with van der Waals surface area (Å²) in [6, 6.07) is 0.208. The summed E-state index contributed by atoms with van der Waals surface area (Å²) < 4.78 is 0. The van der Waals surface area contributed by atoms with E-state index in [0.29, 0.717) is 11.8 Å². The lowest BCUT2D eigenvalue weighted by Gasteiger charge is -2.23. The van der Waals surface area contributed by atoms with Crippen LogP contribution >= 0.6 is 11.3 Å². The number of thiazole rings is 1. The van der Waals surface area contributed by atoms with Crippen LogP contribution in [0, 0.1) is 11.8 Å². The highest BCUT2D eigenvalue weighted by molar-refractivity contribution is 7.13. The second kappa shape index (κ2) is 3.48. The van der Waals surface area contributed by atoms with E-state index in [2.05, 4.69) is 15.5 Å². The summed E-state index contributed by atoms with van der Waals surface area (Å²) in [4.78, 5) is 4.20. The van der Waals surface area contributed by atoms with Gasteiger partial charge in [0.05, 0.1) is 11.8 Å². The average molecular weight is 223 g/mol. The van der Waals surface area contributed by atoms with Crippen LogP contribution in [0.4, 0.5) is 5.13 Å². The van der Waals surface area contributed by atoms with Crippen LogP contribution in [0.15, 0.2) is 16.7 Å². The lowest BCUT2D eigenvalue weighted by molar-refractivity contribution is 0.312. The molecule has 80 valence electrons. The molecule has 3 unspecified atom stereocenters. The lowest BCUT2D eigenvalue weighted by Crippen LogP contribution is -2.35. The van der Waals surface area contributed by atoms with Gasteiger partial charge >= 0.3 is 0 Å². The quantitative estimate of drug-likeness (QED) is 0.597. The number of fused-ring (bicyclic) bond motifs is 2. The molecule has 0 radical (unpaired) electrons. The van der Waals surface area contributed by atoms with E-state index in [-0.39, 0.29) is 6.04 Å². The zero-order chi connectivity index (χ0) is 10.3. The molecule has 3 rings (SSSR count). The van der Waals surface area contributed by atoms with Crippen molar-refractivity contribution >= 4 is 22.2 Å². The number of nitrogens with zero attached hydrogens (tertiary/aromatic N) is 2. The molecular formula is C10H13N3OS. The molecule has 2 aliphatic carbocycles. The van der Waals surface area contributed by atoms with Crippen LogP contribution in [0.2, 0.25) is 0 Å². The summed E-state index contributed by atoms with van der Waals surface area (Å²) in [5, 5.41) is 18.7. The van der Waals surface area contributed by atoms with Crippen molar-refractivity contribution in [1.82, 2.24) is 4.98 Å². The van der Waals surface area contributed by atoms with Crippen LogP contribution in [0.1, 0.15) is 19.3 Å². The van der Waals surface area contributed by atoms with Gasteiger partial charge in [0.2, 0.25) is 0 Å². The number of nitrogens with one attached hydrogen (secondary N) is 1. The number of anilines is 1. The average Bonchev–Trinajstić information content (AvgIpc) is 2.91. The minimum Gasteiger partial charge on any atom is -0.411 e. The van der Waals surface area contributed by atoms with Gasteiger partial charge in [-0.1, -0.05) is 5.16 Å². The predicted octanol–water partition coefficient (Wildman–Crippen LogP) is 2.18. The Hall–Kier alpha value is -1.10. The molecule has 1 aromatic heterocycles. The van der Waals surface area contributed by atoms with Crippen LogP contribution in [0.3, 0.4) is 0 Å². The van der Waals surface area contributed by atoms with Crippen molar-refractivity contribution in [1.29, 1.82) is 0 Å². The molecule has 3 atom stereocenters. The number of hydrogen-bond acceptors (Lipinski definition) is 5. The fourth-order valence-corrected chi connectivity index (χ4v) is 3.41. The molecule has 0 aliphatic heterocycles. The van der Waals surface area contributed by atoms with Gasteiger partial charge in [-0.2, -0.15) is 0 Å². The van der Waals surface area contributed by atoms with Crippen molar-refractivity contribution < 1.29 is 5.21 Å². The maximum Gasteiger partial charge on any atom is 0.183 e. The molecule has 1 aromatic rings. The van der Waals surface area contributed by atoms with Crippen LogP contribution < -0.4 is 5.32 Å². The molecule has 0 aromatic carbocycles.